The van der Waals surface area contributed by atoms with Crippen LogP contribution in [0.4, 0.5) is 21.7 Å². The molecule has 1 aromatic carbocycles. The summed E-state index contributed by atoms with van der Waals surface area (Å²) in [6.07, 6.45) is 0.634. The number of nitrogens with one attached hydrogen (secondary N) is 1. The number of anilines is 3. The minimum Gasteiger partial charge on any atom is -0.383 e. The number of aromatic nitrogens is 2. The maximum absolute atomic E-state index is 13.8. The van der Waals surface area contributed by atoms with Gasteiger partial charge in [0.15, 0.2) is 0 Å². The molecule has 20 heavy (non-hydrogen) atoms. The fourth-order valence-electron chi connectivity index (χ4n) is 1.68. The summed E-state index contributed by atoms with van der Waals surface area (Å²) >= 11 is 0. The maximum Gasteiger partial charge on any atom is 0.147 e. The zero-order valence-electron chi connectivity index (χ0n) is 11.2. The molecule has 1 aromatic heterocycles. The van der Waals surface area contributed by atoms with E-state index in [2.05, 4.69) is 15.3 Å². The molecule has 0 aliphatic rings. The normalized spacial score (nSPS) is 10.1. The summed E-state index contributed by atoms with van der Waals surface area (Å²) in [5.41, 5.74) is 6.97. The van der Waals surface area contributed by atoms with Crippen molar-refractivity contribution in [2.24, 2.45) is 0 Å². The molecule has 0 fully saturated rings. The van der Waals surface area contributed by atoms with E-state index in [1.165, 1.54) is 18.2 Å². The number of hydrogen-bond donors (Lipinski definition) is 2. The Morgan fingerprint density at radius 2 is 2.15 bits per heavy atom. The van der Waals surface area contributed by atoms with E-state index in [9.17, 15) is 4.39 Å². The van der Waals surface area contributed by atoms with Crippen LogP contribution in [-0.2, 0) is 6.42 Å². The predicted molar refractivity (Wildman–Crippen MR) is 75.0 cm³/mol. The van der Waals surface area contributed by atoms with Gasteiger partial charge in [0.2, 0.25) is 0 Å². The number of nitriles is 1. The van der Waals surface area contributed by atoms with Crippen LogP contribution in [0.5, 0.6) is 0 Å². The molecule has 0 bridgehead atoms. The van der Waals surface area contributed by atoms with Gasteiger partial charge in [-0.25, -0.2) is 14.4 Å². The van der Waals surface area contributed by atoms with Crippen molar-refractivity contribution in [1.82, 2.24) is 9.97 Å². The molecule has 0 spiro atoms. The van der Waals surface area contributed by atoms with Gasteiger partial charge >= 0.3 is 0 Å². The first-order valence-corrected chi connectivity index (χ1v) is 6.14. The number of aryl methyl sites for hydroxylation is 1. The van der Waals surface area contributed by atoms with Gasteiger partial charge in [0.05, 0.1) is 17.3 Å². The molecule has 3 N–H and O–H groups in total. The number of hydrogen-bond acceptors (Lipinski definition) is 5. The lowest BCUT2D eigenvalue weighted by Crippen LogP contribution is -2.07. The van der Waals surface area contributed by atoms with Gasteiger partial charge in [-0.3, -0.25) is 0 Å². The van der Waals surface area contributed by atoms with Gasteiger partial charge < -0.3 is 11.1 Å². The Kier molecular flexibility index (Phi) is 3.80. The van der Waals surface area contributed by atoms with E-state index >= 15 is 0 Å². The average molecular weight is 271 g/mol. The lowest BCUT2D eigenvalue weighted by molar-refractivity contribution is 0.631. The monoisotopic (exact) mass is 271 g/mol. The fraction of sp³-hybridized carbons (Fsp3) is 0.214. The number of benzene rings is 1. The van der Waals surface area contributed by atoms with Crippen molar-refractivity contribution in [3.05, 3.63) is 41.0 Å². The zero-order valence-corrected chi connectivity index (χ0v) is 11.2. The Bertz CT molecular complexity index is 691. The Morgan fingerprint density at radius 1 is 1.40 bits per heavy atom. The van der Waals surface area contributed by atoms with Gasteiger partial charge in [-0.15, -0.1) is 0 Å². The van der Waals surface area contributed by atoms with E-state index in [1.54, 1.807) is 6.92 Å². The van der Waals surface area contributed by atoms with Crippen LogP contribution < -0.4 is 11.1 Å². The van der Waals surface area contributed by atoms with Crippen LogP contribution in [0.1, 0.15) is 23.9 Å². The number of rotatable bonds is 3. The summed E-state index contributed by atoms with van der Waals surface area (Å²) in [5.74, 6) is 0.912. The first-order chi connectivity index (χ1) is 9.55. The number of nitrogens with zero attached hydrogens (tertiary/aromatic N) is 3. The number of nitrogens with two attached hydrogens (primary N) is 1. The lowest BCUT2D eigenvalue weighted by atomic mass is 10.2. The molecule has 102 valence electrons. The van der Waals surface area contributed by atoms with E-state index in [0.717, 1.165) is 0 Å². The molecule has 2 rings (SSSR count). The molecule has 6 heteroatoms. The first kappa shape index (κ1) is 13.7. The Balaban J connectivity index is 2.40. The van der Waals surface area contributed by atoms with Crippen molar-refractivity contribution in [2.45, 2.75) is 20.3 Å². The molecule has 0 radical (unpaired) electrons. The molecule has 0 saturated carbocycles. The molecule has 0 aliphatic heterocycles. The van der Waals surface area contributed by atoms with E-state index in [4.69, 9.17) is 11.0 Å². The van der Waals surface area contributed by atoms with Crippen molar-refractivity contribution < 1.29 is 4.39 Å². The van der Waals surface area contributed by atoms with Gasteiger partial charge in [0, 0.05) is 12.0 Å². The third-order valence-electron chi connectivity index (χ3n) is 2.90. The second-order valence-electron chi connectivity index (χ2n) is 4.28. The molecule has 0 atom stereocenters. The highest BCUT2D eigenvalue weighted by atomic mass is 19.1. The lowest BCUT2D eigenvalue weighted by Gasteiger charge is -2.12. The minimum atomic E-state index is -0.515. The molecule has 0 unspecified atom stereocenters. The highest BCUT2D eigenvalue weighted by molar-refractivity contribution is 5.64. The van der Waals surface area contributed by atoms with Gasteiger partial charge in [-0.05, 0) is 25.1 Å². The van der Waals surface area contributed by atoms with Gasteiger partial charge in [0.1, 0.15) is 23.3 Å². The Hall–Kier alpha value is -2.68. The van der Waals surface area contributed by atoms with Crippen LogP contribution in [0, 0.1) is 24.1 Å². The highest BCUT2D eigenvalue weighted by Crippen LogP contribution is 2.24. The molecule has 2 aromatic rings. The molecular weight excluding hydrogens is 257 g/mol. The predicted octanol–water partition coefficient (Wildman–Crippen LogP) is 2.68. The topological polar surface area (TPSA) is 87.6 Å². The fourth-order valence-corrected chi connectivity index (χ4v) is 1.68. The van der Waals surface area contributed by atoms with Gasteiger partial charge in [-0.2, -0.15) is 5.26 Å². The van der Waals surface area contributed by atoms with Gasteiger partial charge in [-0.1, -0.05) is 6.92 Å². The van der Waals surface area contributed by atoms with Crippen molar-refractivity contribution in [2.75, 3.05) is 11.1 Å². The summed E-state index contributed by atoms with van der Waals surface area (Å²) < 4.78 is 13.8. The summed E-state index contributed by atoms with van der Waals surface area (Å²) in [7, 11) is 0. The van der Waals surface area contributed by atoms with Crippen LogP contribution in [-0.4, -0.2) is 9.97 Å². The summed E-state index contributed by atoms with van der Waals surface area (Å²) in [6.45, 7) is 3.68. The van der Waals surface area contributed by atoms with Gasteiger partial charge in [0.25, 0.3) is 0 Å². The van der Waals surface area contributed by atoms with E-state index < -0.39 is 5.82 Å². The summed E-state index contributed by atoms with van der Waals surface area (Å²) in [5, 5.41) is 11.6. The first-order valence-electron chi connectivity index (χ1n) is 6.14. The number of halogens is 1. The molecule has 0 saturated heterocycles. The third kappa shape index (κ3) is 2.67. The molecule has 1 heterocycles. The third-order valence-corrected chi connectivity index (χ3v) is 2.90. The van der Waals surface area contributed by atoms with Crippen molar-refractivity contribution in [1.29, 1.82) is 5.26 Å². The molecule has 0 amide bonds. The zero-order chi connectivity index (χ0) is 14.7. The van der Waals surface area contributed by atoms with E-state index in [-0.39, 0.29) is 11.3 Å². The standard InChI is InChI=1S/C14H14FN5/c1-3-12-19-13(17)8(2)14(20-12)18-11-5-4-9(7-16)6-10(11)15/h4-6H,3H2,1-2H3,(H3,17,18,19,20). The molecule has 5 nitrogen and oxygen atoms in total. The SMILES string of the molecule is CCc1nc(N)c(C)c(Nc2ccc(C#N)cc2F)n1. The van der Waals surface area contributed by atoms with Crippen molar-refractivity contribution in [3.8, 4) is 6.07 Å². The maximum atomic E-state index is 13.8. The van der Waals surface area contributed by atoms with E-state index in [0.29, 0.717) is 29.4 Å². The summed E-state index contributed by atoms with van der Waals surface area (Å²) in [4.78, 5) is 8.43. The molecular formula is C14H14FN5. The quantitative estimate of drug-likeness (QED) is 0.896. The van der Waals surface area contributed by atoms with Crippen LogP contribution >= 0.6 is 0 Å². The van der Waals surface area contributed by atoms with Crippen LogP contribution in [0.3, 0.4) is 0 Å². The Morgan fingerprint density at radius 3 is 2.75 bits per heavy atom. The van der Waals surface area contributed by atoms with Crippen molar-refractivity contribution in [3.63, 3.8) is 0 Å². The smallest absolute Gasteiger partial charge is 0.147 e. The van der Waals surface area contributed by atoms with Crippen LogP contribution in [0.25, 0.3) is 0 Å². The second-order valence-corrected chi connectivity index (χ2v) is 4.28. The largest absolute Gasteiger partial charge is 0.383 e. The Labute approximate surface area is 116 Å². The van der Waals surface area contributed by atoms with Crippen LogP contribution in [0.15, 0.2) is 18.2 Å². The molecule has 0 aliphatic carbocycles. The minimum absolute atomic E-state index is 0.243. The second kappa shape index (κ2) is 5.53. The highest BCUT2D eigenvalue weighted by Gasteiger charge is 2.10. The van der Waals surface area contributed by atoms with Crippen molar-refractivity contribution >= 4 is 17.3 Å². The number of nitrogen functional groups attached to an aromatic ring is 1. The summed E-state index contributed by atoms with van der Waals surface area (Å²) in [6, 6.07) is 6.08. The van der Waals surface area contributed by atoms with E-state index in [1.807, 2.05) is 13.0 Å². The average Bonchev–Trinajstić information content (AvgIpc) is 2.45. The van der Waals surface area contributed by atoms with Crippen LogP contribution in [0.2, 0.25) is 0 Å².